The lowest BCUT2D eigenvalue weighted by Crippen LogP contribution is -1.92. The van der Waals surface area contributed by atoms with Gasteiger partial charge in [-0.05, 0) is 24.3 Å². The molecule has 0 aliphatic heterocycles. The summed E-state index contributed by atoms with van der Waals surface area (Å²) in [5, 5.41) is 18.2. The van der Waals surface area contributed by atoms with E-state index in [9.17, 15) is 5.11 Å². The van der Waals surface area contributed by atoms with E-state index >= 15 is 0 Å². The van der Waals surface area contributed by atoms with Crippen molar-refractivity contribution in [2.45, 2.75) is 11.3 Å². The summed E-state index contributed by atoms with van der Waals surface area (Å²) >= 11 is 1.50. The van der Waals surface area contributed by atoms with Gasteiger partial charge in [-0.2, -0.15) is 0 Å². The molecule has 2 N–H and O–H groups in total. The zero-order valence-electron chi connectivity index (χ0n) is 6.95. The zero-order valence-corrected chi connectivity index (χ0v) is 7.77. The van der Waals surface area contributed by atoms with E-state index in [1.54, 1.807) is 12.1 Å². The van der Waals surface area contributed by atoms with Gasteiger partial charge >= 0.3 is 0 Å². The van der Waals surface area contributed by atoms with Crippen molar-refractivity contribution < 1.29 is 10.2 Å². The summed E-state index contributed by atoms with van der Waals surface area (Å²) in [5.41, 5.74) is 1.00. The Morgan fingerprint density at radius 3 is 2.75 bits per heavy atom. The van der Waals surface area contributed by atoms with Crippen molar-refractivity contribution in [2.24, 2.45) is 0 Å². The maximum absolute atomic E-state index is 9.42. The van der Waals surface area contributed by atoms with Gasteiger partial charge in [0, 0.05) is 6.61 Å². The van der Waals surface area contributed by atoms with E-state index < -0.39 is 0 Å². The lowest BCUT2D eigenvalue weighted by atomic mass is 10.1. The van der Waals surface area contributed by atoms with Gasteiger partial charge in [-0.3, -0.25) is 0 Å². The third-order valence-electron chi connectivity index (χ3n) is 1.66. The highest BCUT2D eigenvalue weighted by molar-refractivity contribution is 7.98. The van der Waals surface area contributed by atoms with E-state index in [1.807, 2.05) is 12.3 Å². The number of aromatic hydroxyl groups is 1. The first-order chi connectivity index (χ1) is 5.79. The third kappa shape index (κ3) is 1.93. The first-order valence-corrected chi connectivity index (χ1v) is 4.97. The maximum atomic E-state index is 9.42. The second kappa shape index (κ2) is 4.38. The molecule has 0 saturated carbocycles. The largest absolute Gasteiger partial charge is 0.507 e. The quantitative estimate of drug-likeness (QED) is 0.702. The number of phenols is 1. The topological polar surface area (TPSA) is 40.5 Å². The number of aliphatic hydroxyl groups is 1. The van der Waals surface area contributed by atoms with Crippen LogP contribution < -0.4 is 0 Å². The van der Waals surface area contributed by atoms with Crippen LogP contribution >= 0.6 is 11.8 Å². The van der Waals surface area contributed by atoms with Gasteiger partial charge in [0.15, 0.2) is 0 Å². The van der Waals surface area contributed by atoms with Gasteiger partial charge in [0.25, 0.3) is 0 Å². The lowest BCUT2D eigenvalue weighted by molar-refractivity contribution is 0.298. The van der Waals surface area contributed by atoms with Crippen molar-refractivity contribution in [3.8, 4) is 5.75 Å². The summed E-state index contributed by atoms with van der Waals surface area (Å²) in [5.74, 6) is 0.299. The van der Waals surface area contributed by atoms with E-state index in [2.05, 4.69) is 0 Å². The van der Waals surface area contributed by atoms with Crippen molar-refractivity contribution >= 4 is 11.8 Å². The van der Waals surface area contributed by atoms with E-state index in [0.29, 0.717) is 12.2 Å². The highest BCUT2D eigenvalue weighted by Gasteiger charge is 2.04. The first-order valence-electron chi connectivity index (χ1n) is 3.75. The molecule has 0 unspecified atom stereocenters. The van der Waals surface area contributed by atoms with Gasteiger partial charge in [-0.15, -0.1) is 11.8 Å². The van der Waals surface area contributed by atoms with Crippen LogP contribution in [0.4, 0.5) is 0 Å². The minimum Gasteiger partial charge on any atom is -0.507 e. The van der Waals surface area contributed by atoms with Gasteiger partial charge < -0.3 is 10.2 Å². The van der Waals surface area contributed by atoms with Gasteiger partial charge in [-0.25, -0.2) is 0 Å². The number of phenolic OH excluding ortho intramolecular Hbond substituents is 1. The fourth-order valence-electron chi connectivity index (χ4n) is 1.12. The summed E-state index contributed by atoms with van der Waals surface area (Å²) < 4.78 is 0. The summed E-state index contributed by atoms with van der Waals surface area (Å²) in [4.78, 5) is 0.867. The molecule has 1 rings (SSSR count). The minimum atomic E-state index is 0.122. The molecule has 0 aliphatic rings. The monoisotopic (exact) mass is 184 g/mol. The zero-order chi connectivity index (χ0) is 8.97. The Balaban J connectivity index is 3.00. The van der Waals surface area contributed by atoms with Crippen LogP contribution in [0.1, 0.15) is 5.56 Å². The standard InChI is InChI=1S/C9H12O2S/c1-12-9-7(5-6-10)3-2-4-8(9)11/h2-4,10-11H,5-6H2,1H3. The van der Waals surface area contributed by atoms with E-state index in [1.165, 1.54) is 11.8 Å². The molecular formula is C9H12O2S. The average molecular weight is 184 g/mol. The van der Waals surface area contributed by atoms with Crippen LogP contribution in [-0.4, -0.2) is 23.1 Å². The van der Waals surface area contributed by atoms with Crippen molar-refractivity contribution in [1.82, 2.24) is 0 Å². The van der Waals surface area contributed by atoms with Crippen molar-refractivity contribution in [1.29, 1.82) is 0 Å². The lowest BCUT2D eigenvalue weighted by Gasteiger charge is -2.06. The molecule has 0 fully saturated rings. The fourth-order valence-corrected chi connectivity index (χ4v) is 1.83. The molecule has 3 heteroatoms. The maximum Gasteiger partial charge on any atom is 0.129 e. The highest BCUT2D eigenvalue weighted by Crippen LogP contribution is 2.30. The molecule has 0 heterocycles. The van der Waals surface area contributed by atoms with E-state index in [0.717, 1.165) is 10.5 Å². The van der Waals surface area contributed by atoms with Crippen LogP contribution in [0, 0.1) is 0 Å². The summed E-state index contributed by atoms with van der Waals surface area (Å²) in [6.45, 7) is 0.122. The molecule has 1 aromatic rings. The Kier molecular flexibility index (Phi) is 3.44. The van der Waals surface area contributed by atoms with E-state index in [-0.39, 0.29) is 6.61 Å². The number of hydrogen-bond acceptors (Lipinski definition) is 3. The Bertz CT molecular complexity index is 261. The van der Waals surface area contributed by atoms with Crippen LogP contribution in [0.15, 0.2) is 23.1 Å². The molecule has 66 valence electrons. The number of thioether (sulfide) groups is 1. The highest BCUT2D eigenvalue weighted by atomic mass is 32.2. The Hall–Kier alpha value is -0.670. The third-order valence-corrected chi connectivity index (χ3v) is 2.54. The number of aliphatic hydroxyl groups excluding tert-OH is 1. The fraction of sp³-hybridized carbons (Fsp3) is 0.333. The Labute approximate surface area is 76.2 Å². The first kappa shape index (κ1) is 9.42. The SMILES string of the molecule is CSc1c(O)cccc1CCO. The molecule has 0 aliphatic carbocycles. The molecule has 0 amide bonds. The molecule has 12 heavy (non-hydrogen) atoms. The van der Waals surface area contributed by atoms with Crippen molar-refractivity contribution in [2.75, 3.05) is 12.9 Å². The Morgan fingerprint density at radius 2 is 2.17 bits per heavy atom. The second-order valence-corrected chi connectivity index (χ2v) is 3.26. The van der Waals surface area contributed by atoms with Gasteiger partial charge in [0.2, 0.25) is 0 Å². The normalized spacial score (nSPS) is 10.2. The van der Waals surface area contributed by atoms with Crippen LogP contribution in [0.25, 0.3) is 0 Å². The molecule has 0 atom stereocenters. The van der Waals surface area contributed by atoms with E-state index in [4.69, 9.17) is 5.11 Å². The van der Waals surface area contributed by atoms with Gasteiger partial charge in [-0.1, -0.05) is 12.1 Å². The van der Waals surface area contributed by atoms with Crippen molar-refractivity contribution in [3.63, 3.8) is 0 Å². The minimum absolute atomic E-state index is 0.122. The Morgan fingerprint density at radius 1 is 1.42 bits per heavy atom. The van der Waals surface area contributed by atoms with Crippen LogP contribution in [-0.2, 0) is 6.42 Å². The predicted octanol–water partition coefficient (Wildman–Crippen LogP) is 1.65. The molecular weight excluding hydrogens is 172 g/mol. The smallest absolute Gasteiger partial charge is 0.129 e. The molecule has 0 aromatic heterocycles. The summed E-state index contributed by atoms with van der Waals surface area (Å²) in [6, 6.07) is 5.37. The van der Waals surface area contributed by atoms with Crippen LogP contribution in [0.5, 0.6) is 5.75 Å². The molecule has 0 saturated heterocycles. The summed E-state index contributed by atoms with van der Waals surface area (Å²) in [6.07, 6.45) is 2.51. The van der Waals surface area contributed by atoms with Gasteiger partial charge in [0.1, 0.15) is 5.75 Å². The van der Waals surface area contributed by atoms with Crippen LogP contribution in [0.3, 0.4) is 0 Å². The molecule has 1 aromatic carbocycles. The molecule has 0 spiro atoms. The predicted molar refractivity (Wildman–Crippen MR) is 50.7 cm³/mol. The molecule has 0 radical (unpaired) electrons. The molecule has 0 bridgehead atoms. The second-order valence-electron chi connectivity index (χ2n) is 2.44. The number of rotatable bonds is 3. The summed E-state index contributed by atoms with van der Waals surface area (Å²) in [7, 11) is 0. The molecule has 2 nitrogen and oxygen atoms in total. The number of benzene rings is 1. The average Bonchev–Trinajstić information content (AvgIpc) is 2.05. The van der Waals surface area contributed by atoms with Crippen LogP contribution in [0.2, 0.25) is 0 Å². The van der Waals surface area contributed by atoms with Gasteiger partial charge in [0.05, 0.1) is 4.90 Å². The van der Waals surface area contributed by atoms with Crippen molar-refractivity contribution in [3.05, 3.63) is 23.8 Å². The number of hydrogen-bond donors (Lipinski definition) is 2.